The summed E-state index contributed by atoms with van der Waals surface area (Å²) in [5.41, 5.74) is -2.25. The van der Waals surface area contributed by atoms with Crippen molar-refractivity contribution in [3.63, 3.8) is 0 Å². The predicted molar refractivity (Wildman–Crippen MR) is 126 cm³/mol. The molecule has 0 aromatic carbocycles. The van der Waals surface area contributed by atoms with Gasteiger partial charge in [0, 0.05) is 26.2 Å². The maximum atomic E-state index is 14.0. The number of fused-ring (bicyclic) bond motifs is 2. The smallest absolute Gasteiger partial charge is 0.313 e. The standard InChI is InChI=1S/C26H38N2O6/c1-3-4-14-27-15-11-13-26-19(20-24(32)33-18-10-5-7-12-25(20,2)34-26)22(30)28(21(26)23(27)31)16-8-6-9-17-29/h7,11-13,19-21,29H,3-6,8-10,14-18H2,1-2H3/b12-7-/t19-,20+,21?,25-,26-/m0/s1. The highest BCUT2D eigenvalue weighted by Gasteiger charge is 2.74. The Hall–Kier alpha value is -2.19. The van der Waals surface area contributed by atoms with Crippen molar-refractivity contribution in [1.29, 1.82) is 0 Å². The van der Waals surface area contributed by atoms with E-state index in [1.54, 1.807) is 9.80 Å². The van der Waals surface area contributed by atoms with Crippen LogP contribution in [0.3, 0.4) is 0 Å². The summed E-state index contributed by atoms with van der Waals surface area (Å²) in [7, 11) is 0. The number of carbonyl (C=O) groups excluding carboxylic acids is 3. The monoisotopic (exact) mass is 474 g/mol. The summed E-state index contributed by atoms with van der Waals surface area (Å²) in [6.45, 7) is 5.78. The minimum absolute atomic E-state index is 0.0954. The van der Waals surface area contributed by atoms with Gasteiger partial charge in [0.05, 0.1) is 18.1 Å². The average Bonchev–Trinajstić information content (AvgIpc) is 3.16. The number of carbonyl (C=O) groups is 3. The Morgan fingerprint density at radius 3 is 2.62 bits per heavy atom. The third kappa shape index (κ3) is 4.19. The summed E-state index contributed by atoms with van der Waals surface area (Å²) in [6.07, 6.45) is 13.1. The summed E-state index contributed by atoms with van der Waals surface area (Å²) in [6, 6.07) is -0.816. The van der Waals surface area contributed by atoms with Crippen molar-refractivity contribution < 1.29 is 29.0 Å². The molecule has 8 heteroatoms. The lowest BCUT2D eigenvalue weighted by atomic mass is 9.74. The second-order valence-corrected chi connectivity index (χ2v) is 10.1. The largest absolute Gasteiger partial charge is 0.465 e. The molecule has 0 aromatic heterocycles. The van der Waals surface area contributed by atoms with Gasteiger partial charge in [-0.2, -0.15) is 0 Å². The number of likely N-dealkylation sites (tertiary alicyclic amines) is 1. The maximum absolute atomic E-state index is 14.0. The first kappa shape index (κ1) is 24.9. The molecule has 2 fully saturated rings. The van der Waals surface area contributed by atoms with E-state index in [9.17, 15) is 14.4 Å². The molecule has 0 aromatic rings. The number of rotatable bonds is 8. The van der Waals surface area contributed by atoms with Crippen LogP contribution >= 0.6 is 0 Å². The van der Waals surface area contributed by atoms with Gasteiger partial charge in [0.15, 0.2) is 0 Å². The molecule has 188 valence electrons. The molecule has 8 nitrogen and oxygen atoms in total. The van der Waals surface area contributed by atoms with Crippen LogP contribution in [0.25, 0.3) is 0 Å². The molecular weight excluding hydrogens is 436 g/mol. The Kier molecular flexibility index (Phi) is 7.48. The summed E-state index contributed by atoms with van der Waals surface area (Å²) < 4.78 is 12.3. The fraction of sp³-hybridized carbons (Fsp3) is 0.731. The molecule has 1 N–H and O–H groups in total. The Bertz CT molecular complexity index is 856. The highest BCUT2D eigenvalue weighted by atomic mass is 16.6. The molecular formula is C26H38N2O6. The highest BCUT2D eigenvalue weighted by Crippen LogP contribution is 2.57. The molecule has 1 unspecified atom stereocenters. The number of nitrogens with zero attached hydrogens (tertiary/aromatic N) is 2. The number of unbranched alkanes of at least 4 members (excludes halogenated alkanes) is 3. The van der Waals surface area contributed by atoms with Crippen LogP contribution in [0, 0.1) is 11.8 Å². The van der Waals surface area contributed by atoms with Crippen molar-refractivity contribution in [1.82, 2.24) is 9.80 Å². The number of amides is 2. The van der Waals surface area contributed by atoms with E-state index >= 15 is 0 Å². The van der Waals surface area contributed by atoms with Crippen molar-refractivity contribution in [2.45, 2.75) is 76.0 Å². The molecule has 4 aliphatic heterocycles. The van der Waals surface area contributed by atoms with E-state index in [4.69, 9.17) is 14.6 Å². The Morgan fingerprint density at radius 2 is 1.85 bits per heavy atom. The molecule has 1 spiro atoms. The van der Waals surface area contributed by atoms with Crippen LogP contribution in [0.1, 0.15) is 58.8 Å². The highest BCUT2D eigenvalue weighted by molar-refractivity contribution is 5.99. The van der Waals surface area contributed by atoms with Gasteiger partial charge in [-0.1, -0.05) is 37.6 Å². The van der Waals surface area contributed by atoms with Crippen molar-refractivity contribution in [3.8, 4) is 0 Å². The molecule has 2 amide bonds. The van der Waals surface area contributed by atoms with Gasteiger partial charge in [-0.15, -0.1) is 0 Å². The summed E-state index contributed by atoms with van der Waals surface area (Å²) in [5.74, 6) is -2.41. The van der Waals surface area contributed by atoms with E-state index in [-0.39, 0.29) is 18.4 Å². The first-order valence-electron chi connectivity index (χ1n) is 12.8. The number of hydrogen-bond donors (Lipinski definition) is 1. The van der Waals surface area contributed by atoms with Crippen molar-refractivity contribution in [2.24, 2.45) is 11.8 Å². The van der Waals surface area contributed by atoms with Crippen LogP contribution in [0.5, 0.6) is 0 Å². The van der Waals surface area contributed by atoms with Gasteiger partial charge in [-0.25, -0.2) is 0 Å². The topological polar surface area (TPSA) is 96.4 Å². The zero-order valence-corrected chi connectivity index (χ0v) is 20.4. The number of aliphatic hydroxyl groups excluding tert-OH is 1. The summed E-state index contributed by atoms with van der Waals surface area (Å²) >= 11 is 0. The molecule has 4 aliphatic rings. The molecule has 0 saturated carbocycles. The van der Waals surface area contributed by atoms with Crippen LogP contribution < -0.4 is 0 Å². The van der Waals surface area contributed by atoms with Crippen molar-refractivity contribution >= 4 is 17.8 Å². The van der Waals surface area contributed by atoms with Gasteiger partial charge < -0.3 is 24.4 Å². The molecule has 0 radical (unpaired) electrons. The lowest BCUT2D eigenvalue weighted by Gasteiger charge is -2.37. The lowest BCUT2D eigenvalue weighted by Crippen LogP contribution is -2.56. The Balaban J connectivity index is 1.76. The van der Waals surface area contributed by atoms with Gasteiger partial charge >= 0.3 is 5.97 Å². The van der Waals surface area contributed by atoms with Crippen LogP contribution in [0.15, 0.2) is 24.3 Å². The minimum Gasteiger partial charge on any atom is -0.465 e. The van der Waals surface area contributed by atoms with E-state index in [1.165, 1.54) is 0 Å². The van der Waals surface area contributed by atoms with Crippen molar-refractivity contribution in [3.05, 3.63) is 24.3 Å². The van der Waals surface area contributed by atoms with Gasteiger partial charge in [0.1, 0.15) is 17.6 Å². The number of aliphatic hydroxyl groups is 1. The third-order valence-corrected chi connectivity index (χ3v) is 7.67. The second-order valence-electron chi connectivity index (χ2n) is 10.1. The summed E-state index contributed by atoms with van der Waals surface area (Å²) in [4.78, 5) is 44.7. The second kappa shape index (κ2) is 10.2. The molecule has 4 rings (SSSR count). The molecule has 34 heavy (non-hydrogen) atoms. The maximum Gasteiger partial charge on any atom is 0.313 e. The SMILES string of the molecule is CCCCN1CC=C[C@]23O[C@@]4(C)/C=C\CCCOC(=O)[C@H]4[C@H]2C(=O)N(CCCCCO)C3C1=O. The Labute approximate surface area is 201 Å². The van der Waals surface area contributed by atoms with E-state index in [1.807, 2.05) is 31.2 Å². The average molecular weight is 475 g/mol. The van der Waals surface area contributed by atoms with E-state index in [0.29, 0.717) is 39.1 Å². The number of allylic oxidation sites excluding steroid dienone is 1. The fourth-order valence-electron chi connectivity index (χ4n) is 6.04. The first-order chi connectivity index (χ1) is 16.4. The minimum atomic E-state index is -1.21. The fourth-order valence-corrected chi connectivity index (χ4v) is 6.04. The number of esters is 1. The summed E-state index contributed by atoms with van der Waals surface area (Å²) in [5, 5.41) is 9.16. The van der Waals surface area contributed by atoms with E-state index in [0.717, 1.165) is 32.1 Å². The lowest BCUT2D eigenvalue weighted by molar-refractivity contribution is -0.159. The quantitative estimate of drug-likeness (QED) is 0.329. The van der Waals surface area contributed by atoms with Gasteiger partial charge in [-0.05, 0) is 45.4 Å². The zero-order chi connectivity index (χ0) is 24.3. The zero-order valence-electron chi connectivity index (χ0n) is 20.4. The number of ether oxygens (including phenoxy) is 2. The number of cyclic esters (lactones) is 1. The number of hydrogen-bond acceptors (Lipinski definition) is 6. The van der Waals surface area contributed by atoms with E-state index in [2.05, 4.69) is 6.92 Å². The third-order valence-electron chi connectivity index (χ3n) is 7.67. The molecule has 0 bridgehead atoms. The van der Waals surface area contributed by atoms with Gasteiger partial charge in [0.25, 0.3) is 0 Å². The Morgan fingerprint density at radius 1 is 1.03 bits per heavy atom. The first-order valence-corrected chi connectivity index (χ1v) is 12.8. The van der Waals surface area contributed by atoms with Crippen molar-refractivity contribution in [2.75, 3.05) is 32.8 Å². The van der Waals surface area contributed by atoms with Crippen LogP contribution in [-0.2, 0) is 23.9 Å². The molecule has 0 aliphatic carbocycles. The van der Waals surface area contributed by atoms with Gasteiger partial charge in [-0.3, -0.25) is 14.4 Å². The van der Waals surface area contributed by atoms with Crippen LogP contribution in [0.2, 0.25) is 0 Å². The van der Waals surface area contributed by atoms with Crippen LogP contribution in [-0.4, -0.2) is 82.8 Å². The normalized spacial score (nSPS) is 36.2. The van der Waals surface area contributed by atoms with Gasteiger partial charge in [0.2, 0.25) is 11.8 Å². The molecule has 5 atom stereocenters. The van der Waals surface area contributed by atoms with E-state index < -0.39 is 35.0 Å². The molecule has 2 saturated heterocycles. The molecule has 4 heterocycles. The van der Waals surface area contributed by atoms with Crippen LogP contribution in [0.4, 0.5) is 0 Å². The predicted octanol–water partition coefficient (Wildman–Crippen LogP) is 2.21.